The lowest BCUT2D eigenvalue weighted by Gasteiger charge is -2.27. The molecule has 1 unspecified atom stereocenters. The molecule has 1 aromatic carbocycles. The topological polar surface area (TPSA) is 70.2 Å². The van der Waals surface area contributed by atoms with Gasteiger partial charge in [-0.25, -0.2) is 9.69 Å². The Labute approximate surface area is 151 Å². The molecule has 1 aromatic rings. The molecule has 0 aliphatic carbocycles. The number of methoxy groups -OCH3 is 1. The van der Waals surface area contributed by atoms with Gasteiger partial charge in [0.05, 0.1) is 23.0 Å². The number of fused-ring (bicyclic) bond motifs is 4. The molecule has 0 N–H and O–H groups in total. The van der Waals surface area contributed by atoms with Crippen LogP contribution >= 0.6 is 0 Å². The van der Waals surface area contributed by atoms with Crippen molar-refractivity contribution in [2.45, 2.75) is 18.6 Å². The maximum absolute atomic E-state index is 13.0. The maximum Gasteiger partial charge on any atom is 0.416 e. The minimum atomic E-state index is -4.59. The Morgan fingerprint density at radius 2 is 2.04 bits per heavy atom. The number of nitrogens with zero attached hydrogens (tertiary/aromatic N) is 3. The van der Waals surface area contributed by atoms with Crippen LogP contribution in [0.5, 0.6) is 0 Å². The molecule has 3 aliphatic rings. The Morgan fingerprint density at radius 3 is 2.70 bits per heavy atom. The molecule has 142 valence electrons. The average Bonchev–Trinajstić information content (AvgIpc) is 3.26. The van der Waals surface area contributed by atoms with Crippen molar-refractivity contribution in [3.63, 3.8) is 0 Å². The molecule has 1 atom stereocenters. The van der Waals surface area contributed by atoms with Crippen molar-refractivity contribution in [2.75, 3.05) is 25.2 Å². The van der Waals surface area contributed by atoms with Gasteiger partial charge in [-0.2, -0.15) is 13.2 Å². The summed E-state index contributed by atoms with van der Waals surface area (Å²) in [4.78, 5) is 41.1. The summed E-state index contributed by atoms with van der Waals surface area (Å²) >= 11 is 0. The number of ether oxygens (including phenoxy) is 1. The first-order chi connectivity index (χ1) is 12.7. The average molecular weight is 381 g/mol. The summed E-state index contributed by atoms with van der Waals surface area (Å²) in [5, 5.41) is 0. The zero-order valence-electron chi connectivity index (χ0n) is 14.1. The van der Waals surface area contributed by atoms with Gasteiger partial charge in [0.25, 0.3) is 11.8 Å². The highest BCUT2D eigenvalue weighted by atomic mass is 19.4. The van der Waals surface area contributed by atoms with Crippen molar-refractivity contribution >= 4 is 23.5 Å². The number of amides is 4. The van der Waals surface area contributed by atoms with Crippen LogP contribution in [0.25, 0.3) is 0 Å². The number of urea groups is 1. The highest BCUT2D eigenvalue weighted by Crippen LogP contribution is 2.44. The SMILES string of the molecule is COCC(=O)N1CC2CC1=C1C(=O)N(c3cccc(C(F)(F)F)c3)C(=O)N12. The fourth-order valence-electron chi connectivity index (χ4n) is 3.72. The summed E-state index contributed by atoms with van der Waals surface area (Å²) in [6.07, 6.45) is -4.24. The van der Waals surface area contributed by atoms with E-state index in [9.17, 15) is 27.6 Å². The number of hydrogen-bond acceptors (Lipinski definition) is 4. The summed E-state index contributed by atoms with van der Waals surface area (Å²) in [7, 11) is 1.37. The van der Waals surface area contributed by atoms with Gasteiger partial charge in [-0.15, -0.1) is 0 Å². The fraction of sp³-hybridized carbons (Fsp3) is 0.353. The van der Waals surface area contributed by atoms with E-state index in [0.29, 0.717) is 12.1 Å². The van der Waals surface area contributed by atoms with Gasteiger partial charge in [-0.1, -0.05) is 6.07 Å². The molecule has 27 heavy (non-hydrogen) atoms. The normalized spacial score (nSPS) is 21.6. The lowest BCUT2D eigenvalue weighted by Crippen LogP contribution is -2.43. The van der Waals surface area contributed by atoms with Crippen molar-refractivity contribution < 1.29 is 32.3 Å². The van der Waals surface area contributed by atoms with Crippen molar-refractivity contribution in [1.82, 2.24) is 9.80 Å². The monoisotopic (exact) mass is 381 g/mol. The molecule has 3 aliphatic heterocycles. The van der Waals surface area contributed by atoms with Crippen LogP contribution in [0.4, 0.5) is 23.7 Å². The molecular formula is C17H14F3N3O4. The standard InChI is InChI=1S/C17H14F3N3O4/c1-27-8-13(24)21-7-11-6-12(21)14-15(25)23(16(26)22(11)14)10-4-2-3-9(5-10)17(18,19)20/h2-5,11H,6-8H2,1H3. The molecule has 2 saturated heterocycles. The number of hydrogen-bond donors (Lipinski definition) is 0. The van der Waals surface area contributed by atoms with E-state index in [1.165, 1.54) is 23.0 Å². The molecule has 2 bridgehead atoms. The summed E-state index contributed by atoms with van der Waals surface area (Å²) in [6, 6.07) is 2.94. The number of halogens is 3. The Morgan fingerprint density at radius 1 is 1.30 bits per heavy atom. The van der Waals surface area contributed by atoms with Crippen LogP contribution in [-0.2, 0) is 20.5 Å². The molecule has 10 heteroatoms. The van der Waals surface area contributed by atoms with Crippen LogP contribution in [0.1, 0.15) is 12.0 Å². The van der Waals surface area contributed by atoms with Crippen molar-refractivity contribution in [3.8, 4) is 0 Å². The van der Waals surface area contributed by atoms with Gasteiger partial charge >= 0.3 is 12.2 Å². The second-order valence-corrected chi connectivity index (χ2v) is 6.43. The minimum absolute atomic E-state index is 0.0538. The lowest BCUT2D eigenvalue weighted by atomic mass is 10.2. The number of alkyl halides is 3. The Hall–Kier alpha value is -2.88. The van der Waals surface area contributed by atoms with Crippen molar-refractivity contribution in [2.24, 2.45) is 0 Å². The van der Waals surface area contributed by atoms with Gasteiger partial charge < -0.3 is 9.64 Å². The summed E-state index contributed by atoms with van der Waals surface area (Å²) < 4.78 is 43.7. The molecule has 0 spiro atoms. The Bertz CT molecular complexity index is 896. The second kappa shape index (κ2) is 5.81. The van der Waals surface area contributed by atoms with E-state index in [1.807, 2.05) is 0 Å². The van der Waals surface area contributed by atoms with Gasteiger partial charge in [-0.3, -0.25) is 14.5 Å². The van der Waals surface area contributed by atoms with E-state index in [2.05, 4.69) is 0 Å². The number of carbonyl (C=O) groups is 3. The molecule has 3 heterocycles. The summed E-state index contributed by atoms with van der Waals surface area (Å²) in [6.45, 7) is 0.0689. The van der Waals surface area contributed by atoms with Gasteiger partial charge in [0.15, 0.2) is 0 Å². The predicted octanol–water partition coefficient (Wildman–Crippen LogP) is 1.95. The van der Waals surface area contributed by atoms with Crippen LogP contribution in [0.15, 0.2) is 35.7 Å². The first-order valence-corrected chi connectivity index (χ1v) is 8.11. The quantitative estimate of drug-likeness (QED) is 0.751. The highest BCUT2D eigenvalue weighted by Gasteiger charge is 2.56. The van der Waals surface area contributed by atoms with E-state index in [4.69, 9.17) is 4.74 Å². The molecular weight excluding hydrogens is 367 g/mol. The first kappa shape index (κ1) is 17.5. The van der Waals surface area contributed by atoms with E-state index in [1.54, 1.807) is 0 Å². The predicted molar refractivity (Wildman–Crippen MR) is 85.2 cm³/mol. The van der Waals surface area contributed by atoms with Gasteiger partial charge in [0.2, 0.25) is 0 Å². The number of anilines is 1. The van der Waals surface area contributed by atoms with Gasteiger partial charge in [-0.05, 0) is 18.2 Å². The first-order valence-electron chi connectivity index (χ1n) is 8.11. The minimum Gasteiger partial charge on any atom is -0.375 e. The number of imide groups is 1. The van der Waals surface area contributed by atoms with E-state index >= 15 is 0 Å². The summed E-state index contributed by atoms with van der Waals surface area (Å²) in [5.74, 6) is -1.06. The maximum atomic E-state index is 13.0. The number of benzene rings is 1. The summed E-state index contributed by atoms with van der Waals surface area (Å²) in [5.41, 5.74) is -0.644. The van der Waals surface area contributed by atoms with E-state index in [0.717, 1.165) is 23.1 Å². The molecule has 2 fully saturated rings. The molecule has 4 rings (SSSR count). The third kappa shape index (κ3) is 2.51. The van der Waals surface area contributed by atoms with E-state index < -0.39 is 29.7 Å². The van der Waals surface area contributed by atoms with Crippen LogP contribution in [0, 0.1) is 0 Å². The van der Waals surface area contributed by atoms with Crippen LogP contribution in [0.3, 0.4) is 0 Å². The smallest absolute Gasteiger partial charge is 0.375 e. The Kier molecular flexibility index (Phi) is 3.77. The van der Waals surface area contributed by atoms with Crippen LogP contribution in [0.2, 0.25) is 0 Å². The molecule has 7 nitrogen and oxygen atoms in total. The number of rotatable bonds is 3. The zero-order valence-corrected chi connectivity index (χ0v) is 14.1. The number of carbonyl (C=O) groups excluding carboxylic acids is 3. The fourth-order valence-corrected chi connectivity index (χ4v) is 3.72. The Balaban J connectivity index is 1.72. The van der Waals surface area contributed by atoms with E-state index in [-0.39, 0.29) is 30.4 Å². The van der Waals surface area contributed by atoms with Crippen LogP contribution in [-0.4, -0.2) is 53.9 Å². The van der Waals surface area contributed by atoms with Crippen molar-refractivity contribution in [1.29, 1.82) is 0 Å². The van der Waals surface area contributed by atoms with Gasteiger partial charge in [0.1, 0.15) is 12.3 Å². The molecule has 0 aromatic heterocycles. The van der Waals surface area contributed by atoms with Crippen LogP contribution < -0.4 is 4.90 Å². The van der Waals surface area contributed by atoms with Crippen molar-refractivity contribution in [3.05, 3.63) is 41.2 Å². The highest BCUT2D eigenvalue weighted by molar-refractivity contribution is 6.27. The lowest BCUT2D eigenvalue weighted by molar-refractivity contribution is -0.137. The second-order valence-electron chi connectivity index (χ2n) is 6.43. The third-order valence-electron chi connectivity index (χ3n) is 4.83. The largest absolute Gasteiger partial charge is 0.416 e. The third-order valence-corrected chi connectivity index (χ3v) is 4.83. The number of likely N-dealkylation sites (tertiary alicyclic amines) is 1. The zero-order chi connectivity index (χ0) is 19.5. The van der Waals surface area contributed by atoms with Gasteiger partial charge in [0, 0.05) is 20.1 Å². The molecule has 4 amide bonds. The molecule has 0 radical (unpaired) electrons. The molecule has 0 saturated carbocycles.